The van der Waals surface area contributed by atoms with E-state index >= 15 is 0 Å². The largest absolute Gasteiger partial charge is 2.00 e. The fraction of sp³-hybridized carbons (Fsp3) is 0.750. The number of carboxylic acids is 2. The average Bonchev–Trinajstić information content (AvgIpc) is 2.52. The molecule has 0 aliphatic carbocycles. The number of rotatable bonds is 12. The molecule has 0 aromatic heterocycles. The number of aliphatic carboxylic acids is 2. The summed E-state index contributed by atoms with van der Waals surface area (Å²) < 4.78 is 19.0. The predicted octanol–water partition coefficient (Wildman–Crippen LogP) is -1.81. The van der Waals surface area contributed by atoms with Crippen molar-refractivity contribution in [2.45, 2.75) is 51.7 Å². The van der Waals surface area contributed by atoms with E-state index in [1.807, 2.05) is 0 Å². The monoisotopic (exact) mass is 442 g/mol. The van der Waals surface area contributed by atoms with Gasteiger partial charge in [-0.15, -0.1) is 0 Å². The molecule has 0 heterocycles. The van der Waals surface area contributed by atoms with Gasteiger partial charge in [0.2, 0.25) is 0 Å². The molecule has 0 saturated heterocycles. The molecule has 0 N–H and O–H groups in total. The maximum atomic E-state index is 10.9. The minimum Gasteiger partial charge on any atom is -0.550 e. The van der Waals surface area contributed by atoms with Crippen LogP contribution in [0.3, 0.4) is 0 Å². The first-order chi connectivity index (χ1) is 12.1. The van der Waals surface area contributed by atoms with E-state index < -0.39 is 23.9 Å². The van der Waals surface area contributed by atoms with Crippen molar-refractivity contribution in [1.29, 1.82) is 0 Å². The number of carbonyl (C=O) groups excluding carboxylic acids is 4. The summed E-state index contributed by atoms with van der Waals surface area (Å²) in [4.78, 5) is 41.7. The number of esters is 2. The molecule has 10 nitrogen and oxygen atoms in total. The number of hydrogen-bond donors (Lipinski definition) is 0. The first-order valence-corrected chi connectivity index (χ1v) is 7.88. The van der Waals surface area contributed by atoms with Crippen LogP contribution >= 0.6 is 0 Å². The Morgan fingerprint density at radius 1 is 0.704 bits per heavy atom. The third-order valence-corrected chi connectivity index (χ3v) is 2.53. The summed E-state index contributed by atoms with van der Waals surface area (Å²) in [6, 6.07) is 0. The summed E-state index contributed by atoms with van der Waals surface area (Å²) in [6.45, 7) is 3.94. The van der Waals surface area contributed by atoms with Gasteiger partial charge in [-0.3, -0.25) is 9.59 Å². The molecule has 0 amide bonds. The number of methoxy groups -OCH3 is 2. The van der Waals surface area contributed by atoms with E-state index in [0.29, 0.717) is 13.2 Å². The van der Waals surface area contributed by atoms with Crippen molar-refractivity contribution in [2.24, 2.45) is 0 Å². The average molecular weight is 444 g/mol. The third-order valence-electron chi connectivity index (χ3n) is 2.53. The Morgan fingerprint density at radius 2 is 1.00 bits per heavy atom. The van der Waals surface area contributed by atoms with E-state index in [1.165, 1.54) is 14.2 Å². The Labute approximate surface area is 171 Å². The predicted molar refractivity (Wildman–Crippen MR) is 83.3 cm³/mol. The molecule has 0 aromatic rings. The van der Waals surface area contributed by atoms with Crippen LogP contribution in [0, 0.1) is 0 Å². The summed E-state index contributed by atoms with van der Waals surface area (Å²) in [5.41, 5.74) is 0. The molecule has 2 unspecified atom stereocenters. The van der Waals surface area contributed by atoms with Gasteiger partial charge in [0.1, 0.15) is 12.2 Å². The van der Waals surface area contributed by atoms with Gasteiger partial charge in [0.25, 0.3) is 0 Å². The second-order valence-electron chi connectivity index (χ2n) is 5.26. The van der Waals surface area contributed by atoms with Gasteiger partial charge in [0.05, 0.1) is 26.1 Å². The smallest absolute Gasteiger partial charge is 0.550 e. The third kappa shape index (κ3) is 24.4. The van der Waals surface area contributed by atoms with Gasteiger partial charge in [-0.2, -0.15) is 0 Å². The van der Waals surface area contributed by atoms with Crippen molar-refractivity contribution in [3.8, 4) is 0 Å². The zero-order chi connectivity index (χ0) is 20.5. The van der Waals surface area contributed by atoms with E-state index in [4.69, 9.17) is 18.9 Å². The first-order valence-electron chi connectivity index (χ1n) is 7.88. The number of carboxylic acid groups (broad SMARTS) is 2. The van der Waals surface area contributed by atoms with Crippen LogP contribution in [0.2, 0.25) is 0 Å². The van der Waals surface area contributed by atoms with Crippen LogP contribution in [0.15, 0.2) is 0 Å². The van der Waals surface area contributed by atoms with E-state index in [2.05, 4.69) is 0 Å². The van der Waals surface area contributed by atoms with Crippen molar-refractivity contribution >= 4 is 23.9 Å². The summed E-state index contributed by atoms with van der Waals surface area (Å²) in [5.74, 6) is -3.60. The second-order valence-corrected chi connectivity index (χ2v) is 5.26. The normalized spacial score (nSPS) is 11.7. The Kier molecular flexibility index (Phi) is 21.4. The fourth-order valence-electron chi connectivity index (χ4n) is 1.51. The topological polar surface area (TPSA) is 151 Å². The van der Waals surface area contributed by atoms with E-state index in [-0.39, 0.29) is 57.4 Å². The number of carbonyl (C=O) groups is 4. The van der Waals surface area contributed by atoms with Gasteiger partial charge in [0, 0.05) is 26.2 Å². The summed E-state index contributed by atoms with van der Waals surface area (Å²) in [7, 11) is 2.98. The van der Waals surface area contributed by atoms with Crippen molar-refractivity contribution in [3.63, 3.8) is 0 Å². The maximum absolute atomic E-state index is 10.9. The number of hydrogen-bond acceptors (Lipinski definition) is 10. The molecule has 0 bridgehead atoms. The minimum absolute atomic E-state index is 0. The van der Waals surface area contributed by atoms with E-state index in [1.54, 1.807) is 13.8 Å². The number of ether oxygens (including phenoxy) is 4. The molecular weight excluding hydrogens is 418 g/mol. The molecule has 0 fully saturated rings. The Hall–Kier alpha value is -1.58. The van der Waals surface area contributed by atoms with Crippen LogP contribution in [0.25, 0.3) is 0 Å². The van der Waals surface area contributed by atoms with E-state index in [9.17, 15) is 29.4 Å². The van der Waals surface area contributed by atoms with Gasteiger partial charge < -0.3 is 38.7 Å². The maximum Gasteiger partial charge on any atom is 2.00 e. The van der Waals surface area contributed by atoms with Crippen LogP contribution in [-0.4, -0.2) is 63.5 Å². The molecule has 11 heteroatoms. The molecule has 0 aliphatic heterocycles. The Bertz CT molecular complexity index is 401. The van der Waals surface area contributed by atoms with Gasteiger partial charge in [-0.1, -0.05) is 0 Å². The van der Waals surface area contributed by atoms with Crippen LogP contribution < -0.4 is 10.2 Å². The molecule has 152 valence electrons. The summed E-state index contributed by atoms with van der Waals surface area (Å²) >= 11 is 0. The zero-order valence-electron chi connectivity index (χ0n) is 16.2. The molecule has 0 radical (unpaired) electrons. The van der Waals surface area contributed by atoms with Crippen molar-refractivity contribution < 1.29 is 67.8 Å². The molecule has 0 spiro atoms. The first kappa shape index (κ1) is 30.2. The van der Waals surface area contributed by atoms with Gasteiger partial charge in [0.15, 0.2) is 0 Å². The van der Waals surface area contributed by atoms with Crippen molar-refractivity contribution in [3.05, 3.63) is 0 Å². The molecule has 2 atom stereocenters. The molecule has 0 saturated carbocycles. The van der Waals surface area contributed by atoms with Crippen LogP contribution in [0.5, 0.6) is 0 Å². The Morgan fingerprint density at radius 3 is 1.22 bits per heavy atom. The Balaban J connectivity index is -0.000000411. The summed E-state index contributed by atoms with van der Waals surface area (Å²) in [5, 5.41) is 19.9. The molecule has 27 heavy (non-hydrogen) atoms. The standard InChI is InChI=1S/2C8H14O5.Zn/c2*1-6(5-12-2)13-8(11)4-3-7(9)10;/h2*6H,3-5H2,1-2H3,(H,9,10);/q;;+2/p-2. The fourth-order valence-corrected chi connectivity index (χ4v) is 1.51. The van der Waals surface area contributed by atoms with Gasteiger partial charge in [-0.25, -0.2) is 0 Å². The second kappa shape index (κ2) is 19.2. The van der Waals surface area contributed by atoms with Gasteiger partial charge >= 0.3 is 31.4 Å². The van der Waals surface area contributed by atoms with Crippen LogP contribution in [0.4, 0.5) is 0 Å². The quantitative estimate of drug-likeness (QED) is 0.249. The SMILES string of the molecule is COCC(C)OC(=O)CCC(=O)[O-].COCC(C)OC(=O)CCC(=O)[O-].[Zn+2]. The van der Waals surface area contributed by atoms with Gasteiger partial charge in [-0.05, 0) is 26.7 Å². The van der Waals surface area contributed by atoms with Crippen LogP contribution in [-0.2, 0) is 57.6 Å². The molecule has 0 aromatic carbocycles. The van der Waals surface area contributed by atoms with Crippen LogP contribution in [0.1, 0.15) is 39.5 Å². The summed E-state index contributed by atoms with van der Waals surface area (Å²) in [6.07, 6.45) is -1.62. The van der Waals surface area contributed by atoms with Crippen molar-refractivity contribution in [1.82, 2.24) is 0 Å². The minimum atomic E-state index is -1.25. The van der Waals surface area contributed by atoms with Crippen molar-refractivity contribution in [2.75, 3.05) is 27.4 Å². The molecule has 0 aliphatic rings. The van der Waals surface area contributed by atoms with E-state index in [0.717, 1.165) is 0 Å². The molecular formula is C16H26O10Zn. The molecule has 0 rings (SSSR count). The zero-order valence-corrected chi connectivity index (χ0v) is 19.2.